The van der Waals surface area contributed by atoms with Gasteiger partial charge in [-0.15, -0.1) is 0 Å². The first kappa shape index (κ1) is 14.4. The summed E-state index contributed by atoms with van der Waals surface area (Å²) in [6.45, 7) is 6.64. The predicted molar refractivity (Wildman–Crippen MR) is 63.9 cm³/mol. The highest BCUT2D eigenvalue weighted by atomic mass is 16.6. The molecule has 1 N–H and O–H groups in total. The number of nitrogens with one attached hydrogen (secondary N) is 1. The van der Waals surface area contributed by atoms with Crippen LogP contribution < -0.4 is 5.32 Å². The largest absolute Gasteiger partial charge is 0.464 e. The van der Waals surface area contributed by atoms with Crippen molar-refractivity contribution >= 4 is 5.97 Å². The summed E-state index contributed by atoms with van der Waals surface area (Å²) in [7, 11) is 0. The first-order valence-electron chi connectivity index (χ1n) is 6.32. The zero-order valence-corrected chi connectivity index (χ0v) is 10.7. The van der Waals surface area contributed by atoms with Crippen molar-refractivity contribution in [2.24, 2.45) is 0 Å². The van der Waals surface area contributed by atoms with E-state index in [1.807, 2.05) is 6.92 Å². The monoisotopic (exact) mass is 245 g/mol. The van der Waals surface area contributed by atoms with Crippen LogP contribution >= 0.6 is 0 Å². The minimum absolute atomic E-state index is 0.0119. The lowest BCUT2D eigenvalue weighted by Crippen LogP contribution is -2.45. The summed E-state index contributed by atoms with van der Waals surface area (Å²) < 4.78 is 15.9. The van der Waals surface area contributed by atoms with Crippen molar-refractivity contribution in [3.8, 4) is 0 Å². The van der Waals surface area contributed by atoms with Gasteiger partial charge in [-0.2, -0.15) is 0 Å². The molecule has 0 aliphatic carbocycles. The highest BCUT2D eigenvalue weighted by Crippen LogP contribution is 2.03. The van der Waals surface area contributed by atoms with E-state index in [-0.39, 0.29) is 24.8 Å². The molecular formula is C12H23NO4. The Kier molecular flexibility index (Phi) is 7.16. The maximum absolute atomic E-state index is 11.2. The molecule has 0 spiro atoms. The second-order valence-electron chi connectivity index (χ2n) is 4.32. The topological polar surface area (TPSA) is 56.8 Å². The molecule has 0 amide bonds. The number of ether oxygens (including phenoxy) is 3. The maximum Gasteiger partial charge on any atom is 0.332 e. The molecule has 1 saturated heterocycles. The Labute approximate surface area is 103 Å². The van der Waals surface area contributed by atoms with Crippen LogP contribution in [0.5, 0.6) is 0 Å². The van der Waals surface area contributed by atoms with E-state index in [2.05, 4.69) is 12.2 Å². The highest BCUT2D eigenvalue weighted by molar-refractivity contribution is 5.70. The number of carbonyl (C=O) groups excluding carboxylic acids is 1. The minimum Gasteiger partial charge on any atom is -0.464 e. The molecule has 5 heteroatoms. The van der Waals surface area contributed by atoms with Gasteiger partial charge >= 0.3 is 5.97 Å². The summed E-state index contributed by atoms with van der Waals surface area (Å²) in [5.74, 6) is -0.296. The quantitative estimate of drug-likeness (QED) is 0.529. The van der Waals surface area contributed by atoms with E-state index in [9.17, 15) is 4.79 Å². The van der Waals surface area contributed by atoms with Gasteiger partial charge in [0, 0.05) is 13.1 Å². The molecule has 0 radical (unpaired) electrons. The fourth-order valence-corrected chi connectivity index (χ4v) is 1.62. The summed E-state index contributed by atoms with van der Waals surface area (Å²) in [6, 6.07) is 0. The summed E-state index contributed by atoms with van der Waals surface area (Å²) in [6.07, 6.45) is 2.16. The van der Waals surface area contributed by atoms with Gasteiger partial charge in [0.25, 0.3) is 0 Å². The van der Waals surface area contributed by atoms with Crippen LogP contribution in [0, 0.1) is 0 Å². The van der Waals surface area contributed by atoms with Crippen LogP contribution in [0.2, 0.25) is 0 Å². The van der Waals surface area contributed by atoms with E-state index < -0.39 is 0 Å². The fraction of sp³-hybridized carbons (Fsp3) is 0.917. The van der Waals surface area contributed by atoms with Gasteiger partial charge in [0.1, 0.15) is 6.61 Å². The smallest absolute Gasteiger partial charge is 0.332 e. The molecule has 1 aliphatic heterocycles. The normalized spacial score (nSPS) is 24.6. The first-order chi connectivity index (χ1) is 8.22. The van der Waals surface area contributed by atoms with Crippen molar-refractivity contribution in [1.82, 2.24) is 5.32 Å². The third-order valence-corrected chi connectivity index (χ3v) is 2.51. The molecule has 0 saturated carbocycles. The summed E-state index contributed by atoms with van der Waals surface area (Å²) in [5.41, 5.74) is 0. The first-order valence-corrected chi connectivity index (χ1v) is 6.32. The zero-order valence-electron chi connectivity index (χ0n) is 10.7. The second-order valence-corrected chi connectivity index (χ2v) is 4.32. The Morgan fingerprint density at radius 1 is 1.47 bits per heavy atom. The van der Waals surface area contributed by atoms with E-state index in [1.165, 1.54) is 0 Å². The van der Waals surface area contributed by atoms with Gasteiger partial charge in [0.15, 0.2) is 0 Å². The molecule has 0 bridgehead atoms. The molecule has 1 aliphatic rings. The third-order valence-electron chi connectivity index (χ3n) is 2.51. The number of hydrogen-bond donors (Lipinski definition) is 1. The maximum atomic E-state index is 11.2. The van der Waals surface area contributed by atoms with Crippen molar-refractivity contribution in [3.63, 3.8) is 0 Å². The van der Waals surface area contributed by atoms with Crippen LogP contribution in [0.3, 0.4) is 0 Å². The van der Waals surface area contributed by atoms with Crippen molar-refractivity contribution in [2.75, 3.05) is 32.9 Å². The molecule has 2 unspecified atom stereocenters. The summed E-state index contributed by atoms with van der Waals surface area (Å²) >= 11 is 0. The molecule has 1 rings (SSSR count). The Morgan fingerprint density at radius 2 is 2.29 bits per heavy atom. The third kappa shape index (κ3) is 6.61. The van der Waals surface area contributed by atoms with Gasteiger partial charge in [-0.1, -0.05) is 13.3 Å². The van der Waals surface area contributed by atoms with E-state index in [0.29, 0.717) is 13.2 Å². The Morgan fingerprint density at radius 3 is 3.00 bits per heavy atom. The summed E-state index contributed by atoms with van der Waals surface area (Å²) in [4.78, 5) is 11.2. The van der Waals surface area contributed by atoms with Crippen LogP contribution in [0.15, 0.2) is 0 Å². The molecule has 0 aromatic rings. The van der Waals surface area contributed by atoms with Crippen LogP contribution in [-0.2, 0) is 19.0 Å². The number of hydrogen-bond acceptors (Lipinski definition) is 5. The lowest BCUT2D eigenvalue weighted by atomic mass is 10.2. The van der Waals surface area contributed by atoms with Gasteiger partial charge in [-0.05, 0) is 13.3 Å². The SMILES string of the molecule is CCCCOC(=O)COCC1CNCC(C)O1. The lowest BCUT2D eigenvalue weighted by molar-refractivity contribution is -0.151. The average molecular weight is 245 g/mol. The van der Waals surface area contributed by atoms with Gasteiger partial charge in [0.2, 0.25) is 0 Å². The van der Waals surface area contributed by atoms with Crippen LogP contribution in [0.1, 0.15) is 26.7 Å². The van der Waals surface area contributed by atoms with Gasteiger partial charge in [-0.3, -0.25) is 0 Å². The van der Waals surface area contributed by atoms with Crippen LogP contribution in [0.4, 0.5) is 0 Å². The fourth-order valence-electron chi connectivity index (χ4n) is 1.62. The zero-order chi connectivity index (χ0) is 12.5. The van der Waals surface area contributed by atoms with Gasteiger partial charge in [0.05, 0.1) is 25.4 Å². The van der Waals surface area contributed by atoms with Crippen molar-refractivity contribution in [1.29, 1.82) is 0 Å². The summed E-state index contributed by atoms with van der Waals surface area (Å²) in [5, 5.41) is 3.24. The van der Waals surface area contributed by atoms with E-state index in [0.717, 1.165) is 25.9 Å². The van der Waals surface area contributed by atoms with Gasteiger partial charge in [-0.25, -0.2) is 4.79 Å². The number of esters is 1. The molecule has 1 heterocycles. The average Bonchev–Trinajstić information content (AvgIpc) is 2.29. The van der Waals surface area contributed by atoms with Crippen LogP contribution in [-0.4, -0.2) is 51.1 Å². The molecule has 5 nitrogen and oxygen atoms in total. The Balaban J connectivity index is 2.00. The Hall–Kier alpha value is -0.650. The molecule has 0 aromatic heterocycles. The number of morpholine rings is 1. The predicted octanol–water partition coefficient (Wildman–Crippen LogP) is 0.723. The Bertz CT molecular complexity index is 223. The second kappa shape index (κ2) is 8.44. The van der Waals surface area contributed by atoms with E-state index in [4.69, 9.17) is 14.2 Å². The molecule has 2 atom stereocenters. The minimum atomic E-state index is -0.296. The number of rotatable bonds is 7. The molecular weight excluding hydrogens is 222 g/mol. The lowest BCUT2D eigenvalue weighted by Gasteiger charge is -2.28. The molecule has 1 fully saturated rings. The highest BCUT2D eigenvalue weighted by Gasteiger charge is 2.19. The standard InChI is InChI=1S/C12H23NO4/c1-3-4-5-16-12(14)9-15-8-11-7-13-6-10(2)17-11/h10-11,13H,3-9H2,1-2H3. The van der Waals surface area contributed by atoms with Crippen LogP contribution in [0.25, 0.3) is 0 Å². The molecule has 100 valence electrons. The number of unbranched alkanes of at least 4 members (excludes halogenated alkanes) is 1. The molecule has 17 heavy (non-hydrogen) atoms. The molecule has 0 aromatic carbocycles. The van der Waals surface area contributed by atoms with Gasteiger partial charge < -0.3 is 19.5 Å². The van der Waals surface area contributed by atoms with Crippen molar-refractivity contribution in [2.45, 2.75) is 38.9 Å². The van der Waals surface area contributed by atoms with E-state index >= 15 is 0 Å². The van der Waals surface area contributed by atoms with Crippen molar-refractivity contribution < 1.29 is 19.0 Å². The number of carbonyl (C=O) groups is 1. The van der Waals surface area contributed by atoms with Crippen molar-refractivity contribution in [3.05, 3.63) is 0 Å². The van der Waals surface area contributed by atoms with E-state index in [1.54, 1.807) is 0 Å².